The number of primary amides is 1. The Labute approximate surface area is 577 Å². The minimum absolute atomic E-state index is 0.0101. The maximum absolute atomic E-state index is 14.7. The molecular weight excluding hydrogens is 1330 g/mol. The number of aliphatic hydroxyl groups excluding tert-OH is 6. The van der Waals surface area contributed by atoms with Crippen LogP contribution in [0.1, 0.15) is 81.1 Å². The summed E-state index contributed by atoms with van der Waals surface area (Å²) in [7, 11) is 0. The van der Waals surface area contributed by atoms with Crippen LogP contribution in [0.4, 0.5) is 5.69 Å². The number of phenolic OH excluding ortho intramolecular Hbond substituents is 1. The number of hydrogen-bond acceptors (Lipinski definition) is 25. The minimum Gasteiger partial charge on any atom is -0.504 e. The van der Waals surface area contributed by atoms with Crippen molar-refractivity contribution in [2.24, 2.45) is 11.7 Å². The Hall–Kier alpha value is -8.45. The van der Waals surface area contributed by atoms with E-state index >= 15 is 0 Å². The molecule has 13 atom stereocenters. The molecule has 31 nitrogen and oxygen atoms in total. The number of anilines is 1. The number of fused-ring (bicyclic) bond motifs is 2. The predicted octanol–water partition coefficient (Wildman–Crippen LogP) is -0.113. The van der Waals surface area contributed by atoms with Crippen molar-refractivity contribution in [2.75, 3.05) is 50.7 Å². The van der Waals surface area contributed by atoms with Crippen LogP contribution >= 0.6 is 23.7 Å². The van der Waals surface area contributed by atoms with Gasteiger partial charge in [-0.3, -0.25) is 43.3 Å². The SMILES string of the molecule is CC(O)C1NC(=O)[C@@H](NC(=O)c2ccc(-c3nnc(-c4ccc(-c5ccc(N6CCN(C7CCCCC7)CC6)cc5)cc4)s3)cc2)CC(O)CNC(=O)C2C(O)C(C)CN2C(=O)C(C(O)CC(N)=O)NC(=O)C(C(O)Cc2ccc(O)c(OSOOO)c2)NC(=O)C2CC(O)CN2C1=O. The summed E-state index contributed by atoms with van der Waals surface area (Å²) in [6.07, 6.45) is -7.02. The molecule has 15 N–H and O–H groups in total. The van der Waals surface area contributed by atoms with Gasteiger partial charge in [0.1, 0.15) is 46.3 Å². The zero-order valence-electron chi connectivity index (χ0n) is 54.2. The van der Waals surface area contributed by atoms with Gasteiger partial charge in [-0.05, 0) is 72.9 Å². The molecule has 33 heteroatoms. The number of nitrogens with two attached hydrogens (primary N) is 1. The van der Waals surface area contributed by atoms with Crippen LogP contribution in [-0.2, 0) is 49.4 Å². The number of nitrogens with zero attached hydrogens (tertiary/aromatic N) is 6. The molecule has 0 bridgehead atoms. The van der Waals surface area contributed by atoms with Crippen LogP contribution in [0.25, 0.3) is 32.3 Å². The van der Waals surface area contributed by atoms with Gasteiger partial charge in [0.2, 0.25) is 41.4 Å². The van der Waals surface area contributed by atoms with Crippen molar-refractivity contribution in [1.82, 2.24) is 51.5 Å². The van der Waals surface area contributed by atoms with E-state index in [-0.39, 0.29) is 29.2 Å². The van der Waals surface area contributed by atoms with Gasteiger partial charge >= 0.3 is 0 Å². The molecule has 1 aliphatic carbocycles. The number of amides is 8. The lowest BCUT2D eigenvalue weighted by Gasteiger charge is -2.41. The fraction of sp³-hybridized carbons (Fsp3) is 0.485. The summed E-state index contributed by atoms with van der Waals surface area (Å²) in [5, 5.41) is 113. The smallest absolute Gasteiger partial charge is 0.261 e. The number of β-amino-alcohol motifs (C(OH)–C–C–N with tert-alkyl or cyclic N) is 1. The first-order chi connectivity index (χ1) is 47.4. The molecule has 1 saturated carbocycles. The molecule has 99 heavy (non-hydrogen) atoms. The average molecular weight is 1410 g/mol. The van der Waals surface area contributed by atoms with Gasteiger partial charge in [-0.25, -0.2) is 5.26 Å². The van der Waals surface area contributed by atoms with E-state index in [1.54, 1.807) is 12.1 Å². The minimum atomic E-state index is -2.22. The van der Waals surface area contributed by atoms with Crippen molar-refractivity contribution in [2.45, 2.75) is 151 Å². The van der Waals surface area contributed by atoms with Crippen molar-refractivity contribution < 1.29 is 92.9 Å². The molecule has 10 rings (SSSR count). The first-order valence-corrected chi connectivity index (χ1v) is 34.2. The molecule has 0 radical (unpaired) electrons. The lowest BCUT2D eigenvalue weighted by molar-refractivity contribution is -0.433. The van der Waals surface area contributed by atoms with Gasteiger partial charge in [-0.15, -0.1) is 10.2 Å². The highest BCUT2D eigenvalue weighted by Gasteiger charge is 2.50. The number of phenols is 1. The highest BCUT2D eigenvalue weighted by molar-refractivity contribution is 7.90. The van der Waals surface area contributed by atoms with E-state index in [1.165, 1.54) is 74.3 Å². The highest BCUT2D eigenvalue weighted by atomic mass is 32.2. The van der Waals surface area contributed by atoms with E-state index in [0.717, 1.165) is 77.8 Å². The molecule has 4 aromatic carbocycles. The van der Waals surface area contributed by atoms with Crippen molar-refractivity contribution in [3.8, 4) is 43.8 Å². The zero-order valence-corrected chi connectivity index (χ0v) is 55.8. The molecule has 5 fully saturated rings. The zero-order chi connectivity index (χ0) is 70.8. The Kier molecular flexibility index (Phi) is 24.5. The summed E-state index contributed by atoms with van der Waals surface area (Å²) in [6.45, 7) is 5.05. The molecule has 5 aromatic rings. The number of piperazine rings is 1. The number of rotatable bonds is 18. The third-order valence-corrected chi connectivity index (χ3v) is 20.1. The lowest BCUT2D eigenvalue weighted by Crippen LogP contribution is -2.64. The van der Waals surface area contributed by atoms with E-state index < -0.39 is 177 Å². The van der Waals surface area contributed by atoms with Crippen LogP contribution < -0.4 is 41.4 Å². The van der Waals surface area contributed by atoms with Gasteiger partial charge in [0.05, 0.1) is 43.0 Å². The number of aliphatic hydroxyl groups is 6. The van der Waals surface area contributed by atoms with Crippen molar-refractivity contribution >= 4 is 76.6 Å². The Morgan fingerprint density at radius 2 is 1.31 bits per heavy atom. The largest absolute Gasteiger partial charge is 0.504 e. The Bertz CT molecular complexity index is 3670. The van der Waals surface area contributed by atoms with E-state index in [2.05, 4.69) is 80.2 Å². The van der Waals surface area contributed by atoms with Crippen molar-refractivity contribution in [3.05, 3.63) is 102 Å². The van der Waals surface area contributed by atoms with E-state index in [9.17, 15) is 74.1 Å². The van der Waals surface area contributed by atoms with Crippen LogP contribution in [0.3, 0.4) is 0 Å². The standard InChI is InChI=1S/C66H82N12O19S2/c1-34-32-78-56(57(34)86)62(91)68-31-44(80)28-46(69-58(87)39-11-15-41(16-12-39)64-74-73-63(98-64)40-13-9-37(10-14-40)38-17-19-43(20-18-38)76-24-22-75(23-25-76)42-6-4-3-5-7-42)59(88)70-53(35(2)79)65(92)77-33-45(81)29-47(77)60(89)71-54(61(90)72-55(66(78)93)50(84)30-52(67)85)49(83)26-36-8-21-48(82)51(27-36)95-99-97-96-94/h8-21,27,34-35,42,44-47,49-50,53-57,79-84,86,94H,3-7,22-26,28-33H2,1-2H3,(H2,67,85)(H,68,91)(H,69,87)(H,70,88)(H,71,89)(H,72,90)/t34?,35?,44?,45?,46-,47?,49?,50?,53?,54?,55?,56?,57?/m0/s1. The Balaban J connectivity index is 0.869. The first kappa shape index (κ1) is 73.3. The number of aromatic nitrogens is 2. The number of carbonyl (C=O) groups is 8. The first-order valence-electron chi connectivity index (χ1n) is 32.7. The third-order valence-electron chi connectivity index (χ3n) is 18.7. The van der Waals surface area contributed by atoms with Gasteiger partial charge in [0.15, 0.2) is 11.5 Å². The molecule has 5 heterocycles. The number of aromatic hydroxyl groups is 1. The summed E-state index contributed by atoms with van der Waals surface area (Å²) >= 11 is 1.38. The summed E-state index contributed by atoms with van der Waals surface area (Å²) in [4.78, 5) is 121. The van der Waals surface area contributed by atoms with Crippen molar-refractivity contribution in [3.63, 3.8) is 0 Å². The van der Waals surface area contributed by atoms with E-state index in [0.29, 0.717) is 15.6 Å². The maximum atomic E-state index is 14.7. The molecule has 532 valence electrons. The number of hydrogen-bond donors (Lipinski definition) is 14. The van der Waals surface area contributed by atoms with Gasteiger partial charge in [-0.2, -0.15) is 0 Å². The Morgan fingerprint density at radius 1 is 0.707 bits per heavy atom. The van der Waals surface area contributed by atoms with Crippen LogP contribution in [0, 0.1) is 5.92 Å². The average Bonchev–Trinajstić information content (AvgIpc) is 1.69. The molecule has 8 amide bonds. The second-order valence-electron chi connectivity index (χ2n) is 25.7. The van der Waals surface area contributed by atoms with Crippen LogP contribution in [0.2, 0.25) is 0 Å². The predicted molar refractivity (Wildman–Crippen MR) is 357 cm³/mol. The third kappa shape index (κ3) is 17.9. The molecule has 12 unspecified atom stereocenters. The fourth-order valence-electron chi connectivity index (χ4n) is 13.3. The molecule has 4 aliphatic heterocycles. The summed E-state index contributed by atoms with van der Waals surface area (Å²) in [5.41, 5.74) is 10.3. The Morgan fingerprint density at radius 3 is 1.95 bits per heavy atom. The maximum Gasteiger partial charge on any atom is 0.261 e. The molecular formula is C66H82N12O19S2. The van der Waals surface area contributed by atoms with E-state index in [4.69, 9.17) is 15.2 Å². The summed E-state index contributed by atoms with van der Waals surface area (Å²) < 4.78 is 9.32. The van der Waals surface area contributed by atoms with Crippen LogP contribution in [0.15, 0.2) is 91.0 Å². The fourth-order valence-corrected chi connectivity index (χ4v) is 14.5. The summed E-state index contributed by atoms with van der Waals surface area (Å²) in [6, 6.07) is 15.3. The summed E-state index contributed by atoms with van der Waals surface area (Å²) in [5.74, 6) is -11.1. The topological polar surface area (TPSA) is 451 Å². The van der Waals surface area contributed by atoms with Gasteiger partial charge in [0.25, 0.3) is 18.2 Å². The quantitative estimate of drug-likeness (QED) is 0.0235. The highest BCUT2D eigenvalue weighted by Crippen LogP contribution is 2.35. The number of benzene rings is 4. The molecule has 4 saturated heterocycles. The monoisotopic (exact) mass is 1410 g/mol. The lowest BCUT2D eigenvalue weighted by atomic mass is 9.94. The molecule has 0 spiro atoms. The van der Waals surface area contributed by atoms with Crippen LogP contribution in [0.5, 0.6) is 11.5 Å². The van der Waals surface area contributed by atoms with Crippen molar-refractivity contribution in [1.29, 1.82) is 0 Å². The van der Waals surface area contributed by atoms with Gasteiger partial charge in [0, 0.05) is 99.4 Å². The molecule has 5 aliphatic rings. The normalized spacial score (nSPS) is 26.0. The number of carbonyl (C=O) groups excluding carboxylic acids is 8. The molecule has 1 aromatic heterocycles. The second-order valence-corrected chi connectivity index (χ2v) is 27.1. The van der Waals surface area contributed by atoms with E-state index in [1.807, 2.05) is 24.3 Å². The van der Waals surface area contributed by atoms with Gasteiger partial charge in [-0.1, -0.05) is 101 Å². The number of nitrogens with one attached hydrogen (secondary N) is 5. The van der Waals surface area contributed by atoms with Crippen LogP contribution in [-0.4, -0.2) is 238 Å². The second kappa shape index (κ2) is 33.1. The van der Waals surface area contributed by atoms with Gasteiger partial charge < -0.3 is 86.9 Å².